The average molecular weight is 430 g/mol. The van der Waals surface area contributed by atoms with Crippen LogP contribution in [0, 0.1) is 0 Å². The number of rotatable bonds is 5. The molecule has 1 aliphatic rings. The molecule has 3 rings (SSSR count). The lowest BCUT2D eigenvalue weighted by atomic mass is 10.2. The van der Waals surface area contributed by atoms with Crippen LogP contribution in [-0.4, -0.2) is 46.5 Å². The number of piperazine rings is 1. The molecule has 0 aliphatic carbocycles. The molecule has 1 N–H and O–H groups in total. The second-order valence-corrected chi connectivity index (χ2v) is 10.3. The zero-order chi connectivity index (χ0) is 17.2. The molecule has 0 bridgehead atoms. The fourth-order valence-electron chi connectivity index (χ4n) is 2.58. The molecule has 1 aromatic carbocycles. The molecule has 1 aliphatic heterocycles. The van der Waals surface area contributed by atoms with Crippen molar-refractivity contribution in [1.82, 2.24) is 9.62 Å². The van der Waals surface area contributed by atoms with Gasteiger partial charge in [0, 0.05) is 38.4 Å². The molecule has 0 amide bonds. The van der Waals surface area contributed by atoms with Gasteiger partial charge in [0.15, 0.2) is 0 Å². The van der Waals surface area contributed by atoms with Gasteiger partial charge in [0.05, 0.1) is 3.79 Å². The number of halogens is 1. The largest absolute Gasteiger partial charge is 0.369 e. The van der Waals surface area contributed by atoms with Crippen molar-refractivity contribution in [3.05, 3.63) is 45.7 Å². The van der Waals surface area contributed by atoms with Crippen molar-refractivity contribution in [2.75, 3.05) is 38.1 Å². The standard InChI is InChI=1S/C16H20BrN3O2S2/c1-19-8-10-20(11-9-19)14-4-2-13(3-5-14)12-18-24(21,22)16-7-6-15(17)23-16/h2-7,18H,8-12H2,1H3. The van der Waals surface area contributed by atoms with Crippen LogP contribution in [-0.2, 0) is 16.6 Å². The van der Waals surface area contributed by atoms with Gasteiger partial charge in [-0.25, -0.2) is 13.1 Å². The van der Waals surface area contributed by atoms with Crippen LogP contribution in [0.15, 0.2) is 44.4 Å². The lowest BCUT2D eigenvalue weighted by Gasteiger charge is -2.34. The number of nitrogens with one attached hydrogen (secondary N) is 1. The first-order chi connectivity index (χ1) is 11.4. The molecule has 0 spiro atoms. The number of nitrogens with zero attached hydrogens (tertiary/aromatic N) is 2. The van der Waals surface area contributed by atoms with E-state index in [0.29, 0.717) is 10.8 Å². The highest BCUT2D eigenvalue weighted by atomic mass is 79.9. The highest BCUT2D eigenvalue weighted by Gasteiger charge is 2.17. The van der Waals surface area contributed by atoms with E-state index in [1.807, 2.05) is 12.1 Å². The van der Waals surface area contributed by atoms with Crippen LogP contribution in [0.25, 0.3) is 0 Å². The highest BCUT2D eigenvalue weighted by molar-refractivity contribution is 9.11. The fourth-order valence-corrected chi connectivity index (χ4v) is 5.65. The molecule has 130 valence electrons. The molecule has 1 saturated heterocycles. The van der Waals surface area contributed by atoms with Crippen molar-refractivity contribution >= 4 is 43.0 Å². The van der Waals surface area contributed by atoms with Gasteiger partial charge in [-0.15, -0.1) is 11.3 Å². The van der Waals surface area contributed by atoms with Gasteiger partial charge in [0.1, 0.15) is 4.21 Å². The minimum Gasteiger partial charge on any atom is -0.369 e. The normalized spacial score (nSPS) is 16.5. The molecule has 2 aromatic rings. The first-order valence-corrected chi connectivity index (χ1v) is 10.8. The van der Waals surface area contributed by atoms with Crippen molar-refractivity contribution in [3.63, 3.8) is 0 Å². The molecule has 0 saturated carbocycles. The summed E-state index contributed by atoms with van der Waals surface area (Å²) in [5.41, 5.74) is 2.14. The molecule has 0 radical (unpaired) electrons. The number of hydrogen-bond acceptors (Lipinski definition) is 5. The third-order valence-electron chi connectivity index (χ3n) is 4.08. The molecule has 5 nitrogen and oxygen atoms in total. The van der Waals surface area contributed by atoms with E-state index in [1.54, 1.807) is 12.1 Å². The summed E-state index contributed by atoms with van der Waals surface area (Å²) < 4.78 is 28.2. The van der Waals surface area contributed by atoms with Gasteiger partial charge in [-0.3, -0.25) is 0 Å². The Kier molecular flexibility index (Phi) is 5.61. The van der Waals surface area contributed by atoms with Crippen molar-refractivity contribution < 1.29 is 8.42 Å². The number of likely N-dealkylation sites (N-methyl/N-ethyl adjacent to an activating group) is 1. The highest BCUT2D eigenvalue weighted by Crippen LogP contribution is 2.26. The van der Waals surface area contributed by atoms with Gasteiger partial charge in [-0.05, 0) is 52.8 Å². The van der Waals surface area contributed by atoms with Gasteiger partial charge in [0.25, 0.3) is 0 Å². The number of anilines is 1. The molecule has 2 heterocycles. The lowest BCUT2D eigenvalue weighted by Crippen LogP contribution is -2.44. The van der Waals surface area contributed by atoms with Crippen LogP contribution in [0.3, 0.4) is 0 Å². The predicted molar refractivity (Wildman–Crippen MR) is 102 cm³/mol. The van der Waals surface area contributed by atoms with Crippen LogP contribution in [0.4, 0.5) is 5.69 Å². The third kappa shape index (κ3) is 4.37. The Balaban J connectivity index is 1.60. The van der Waals surface area contributed by atoms with E-state index in [0.717, 1.165) is 35.5 Å². The summed E-state index contributed by atoms with van der Waals surface area (Å²) in [5, 5.41) is 0. The summed E-state index contributed by atoms with van der Waals surface area (Å²) >= 11 is 4.50. The lowest BCUT2D eigenvalue weighted by molar-refractivity contribution is 0.313. The molecule has 0 atom stereocenters. The summed E-state index contributed by atoms with van der Waals surface area (Å²) in [7, 11) is -1.31. The molecule has 0 unspecified atom stereocenters. The van der Waals surface area contributed by atoms with Gasteiger partial charge in [-0.2, -0.15) is 0 Å². The summed E-state index contributed by atoms with van der Waals surface area (Å²) in [6.07, 6.45) is 0. The molecule has 8 heteroatoms. The SMILES string of the molecule is CN1CCN(c2ccc(CNS(=O)(=O)c3ccc(Br)s3)cc2)CC1. The van der Waals surface area contributed by atoms with Crippen LogP contribution in [0.5, 0.6) is 0 Å². The van der Waals surface area contributed by atoms with Crippen LogP contribution < -0.4 is 9.62 Å². The monoisotopic (exact) mass is 429 g/mol. The Labute approximate surface area is 155 Å². The summed E-state index contributed by atoms with van der Waals surface area (Å²) in [6, 6.07) is 11.5. The number of hydrogen-bond donors (Lipinski definition) is 1. The zero-order valence-corrected chi connectivity index (χ0v) is 16.6. The topological polar surface area (TPSA) is 52.6 Å². The van der Waals surface area contributed by atoms with Crippen molar-refractivity contribution in [2.45, 2.75) is 10.8 Å². The minimum absolute atomic E-state index is 0.293. The fraction of sp³-hybridized carbons (Fsp3) is 0.375. The maximum atomic E-state index is 12.2. The van der Waals surface area contributed by atoms with Crippen LogP contribution >= 0.6 is 27.3 Å². The number of benzene rings is 1. The second kappa shape index (κ2) is 7.53. The number of thiophene rings is 1. The van der Waals surface area contributed by atoms with E-state index >= 15 is 0 Å². The Morgan fingerprint density at radius 3 is 2.33 bits per heavy atom. The van der Waals surface area contributed by atoms with E-state index in [9.17, 15) is 8.42 Å². The van der Waals surface area contributed by atoms with Gasteiger partial charge < -0.3 is 9.80 Å². The van der Waals surface area contributed by atoms with E-state index in [4.69, 9.17) is 0 Å². The second-order valence-electron chi connectivity index (χ2n) is 5.84. The Hall–Kier alpha value is -0.930. The smallest absolute Gasteiger partial charge is 0.250 e. The summed E-state index contributed by atoms with van der Waals surface area (Å²) in [6.45, 7) is 4.47. The Morgan fingerprint density at radius 1 is 1.08 bits per heavy atom. The van der Waals surface area contributed by atoms with Crippen molar-refractivity contribution in [2.24, 2.45) is 0 Å². The first kappa shape index (κ1) is 17.9. The van der Waals surface area contributed by atoms with Gasteiger partial charge >= 0.3 is 0 Å². The molecule has 24 heavy (non-hydrogen) atoms. The summed E-state index contributed by atoms with van der Waals surface area (Å²) in [5.74, 6) is 0. The third-order valence-corrected chi connectivity index (χ3v) is 7.60. The molecule has 1 aromatic heterocycles. The van der Waals surface area contributed by atoms with Crippen molar-refractivity contribution in [3.8, 4) is 0 Å². The van der Waals surface area contributed by atoms with Gasteiger partial charge in [0.2, 0.25) is 10.0 Å². The average Bonchev–Trinajstić information content (AvgIpc) is 3.02. The Morgan fingerprint density at radius 2 is 1.75 bits per heavy atom. The summed E-state index contributed by atoms with van der Waals surface area (Å²) in [4.78, 5) is 4.68. The van der Waals surface area contributed by atoms with E-state index in [2.05, 4.69) is 49.6 Å². The van der Waals surface area contributed by atoms with Crippen LogP contribution in [0.2, 0.25) is 0 Å². The van der Waals surface area contributed by atoms with Gasteiger partial charge in [-0.1, -0.05) is 12.1 Å². The molecular formula is C16H20BrN3O2S2. The van der Waals surface area contributed by atoms with E-state index < -0.39 is 10.0 Å². The quantitative estimate of drug-likeness (QED) is 0.793. The van der Waals surface area contributed by atoms with E-state index in [1.165, 1.54) is 17.0 Å². The first-order valence-electron chi connectivity index (χ1n) is 7.71. The number of sulfonamides is 1. The maximum absolute atomic E-state index is 12.2. The Bertz CT molecular complexity index is 782. The van der Waals surface area contributed by atoms with Crippen molar-refractivity contribution in [1.29, 1.82) is 0 Å². The predicted octanol–water partition coefficient (Wildman–Crippen LogP) is 2.74. The minimum atomic E-state index is -3.45. The zero-order valence-electron chi connectivity index (χ0n) is 13.4. The van der Waals surface area contributed by atoms with Crippen LogP contribution in [0.1, 0.15) is 5.56 Å². The molecule has 1 fully saturated rings. The molecular weight excluding hydrogens is 410 g/mol. The van der Waals surface area contributed by atoms with E-state index in [-0.39, 0.29) is 0 Å². The maximum Gasteiger partial charge on any atom is 0.250 e.